The zero-order valence-electron chi connectivity index (χ0n) is 22.8. The van der Waals surface area contributed by atoms with Gasteiger partial charge in [0.15, 0.2) is 5.69 Å². The first-order chi connectivity index (χ1) is 18.8. The lowest BCUT2D eigenvalue weighted by atomic mass is 9.82. The predicted molar refractivity (Wildman–Crippen MR) is 146 cm³/mol. The lowest BCUT2D eigenvalue weighted by Crippen LogP contribution is -2.39. The molecule has 0 radical (unpaired) electrons. The van der Waals surface area contributed by atoms with Gasteiger partial charge in [0.1, 0.15) is 5.82 Å². The molecule has 1 heterocycles. The zero-order chi connectivity index (χ0) is 27.8. The zero-order valence-corrected chi connectivity index (χ0v) is 22.8. The van der Waals surface area contributed by atoms with E-state index in [4.69, 9.17) is 4.74 Å². The summed E-state index contributed by atoms with van der Waals surface area (Å²) in [5, 5.41) is 3.60. The molecule has 2 aromatic carbocycles. The average Bonchev–Trinajstić information content (AvgIpc) is 3.33. The van der Waals surface area contributed by atoms with Gasteiger partial charge in [-0.3, -0.25) is 0 Å². The molecule has 5 nitrogen and oxygen atoms in total. The van der Waals surface area contributed by atoms with Crippen LogP contribution in [0.4, 0.5) is 13.2 Å². The highest BCUT2D eigenvalue weighted by molar-refractivity contribution is 5.89. The summed E-state index contributed by atoms with van der Waals surface area (Å²) in [6, 6.07) is 16.2. The van der Waals surface area contributed by atoms with Gasteiger partial charge in [0.2, 0.25) is 0 Å². The Kier molecular flexibility index (Phi) is 9.83. The van der Waals surface area contributed by atoms with Gasteiger partial charge in [-0.2, -0.15) is 13.2 Å². The second-order valence-corrected chi connectivity index (χ2v) is 10.4. The lowest BCUT2D eigenvalue weighted by molar-refractivity contribution is -0.141. The lowest BCUT2D eigenvalue weighted by Gasteiger charge is -2.32. The Morgan fingerprint density at radius 3 is 2.38 bits per heavy atom. The Labute approximate surface area is 228 Å². The number of aromatic nitrogens is 2. The summed E-state index contributed by atoms with van der Waals surface area (Å²) in [4.78, 5) is 16.0. The summed E-state index contributed by atoms with van der Waals surface area (Å²) in [7, 11) is 1.34. The van der Waals surface area contributed by atoms with Gasteiger partial charge in [-0.1, -0.05) is 75.1 Å². The molecule has 0 amide bonds. The maximum atomic E-state index is 14.4. The van der Waals surface area contributed by atoms with Crippen molar-refractivity contribution in [2.45, 2.75) is 83.6 Å². The number of hydrogen-bond acceptors (Lipinski definition) is 4. The fourth-order valence-electron chi connectivity index (χ4n) is 5.56. The number of nitrogens with zero attached hydrogens (tertiary/aromatic N) is 2. The second-order valence-electron chi connectivity index (χ2n) is 10.4. The van der Waals surface area contributed by atoms with Crippen LogP contribution >= 0.6 is 0 Å². The number of alkyl halides is 3. The highest BCUT2D eigenvalue weighted by Crippen LogP contribution is 2.37. The number of benzene rings is 2. The highest BCUT2D eigenvalue weighted by Gasteiger charge is 2.40. The number of ether oxygens (including phenoxy) is 1. The average molecular weight is 542 g/mol. The third-order valence-electron chi connectivity index (χ3n) is 7.68. The summed E-state index contributed by atoms with van der Waals surface area (Å²) < 4.78 is 49.9. The summed E-state index contributed by atoms with van der Waals surface area (Å²) in [6.45, 7) is 3.03. The Bertz CT molecular complexity index is 1200. The molecule has 39 heavy (non-hydrogen) atoms. The molecule has 1 aromatic heterocycles. The maximum absolute atomic E-state index is 14.4. The van der Waals surface area contributed by atoms with E-state index in [1.807, 2.05) is 54.0 Å². The Hall–Kier alpha value is -3.13. The van der Waals surface area contributed by atoms with Gasteiger partial charge in [0, 0.05) is 31.1 Å². The number of carbonyl (C=O) groups excluding carboxylic acids is 1. The molecule has 1 unspecified atom stereocenters. The molecule has 0 saturated heterocycles. The summed E-state index contributed by atoms with van der Waals surface area (Å²) in [6.07, 6.45) is 2.69. The largest absolute Gasteiger partial charge is 0.465 e. The van der Waals surface area contributed by atoms with Crippen LogP contribution in [0.3, 0.4) is 0 Å². The van der Waals surface area contributed by atoms with E-state index in [1.54, 1.807) is 12.1 Å². The summed E-state index contributed by atoms with van der Waals surface area (Å²) in [5.74, 6) is 0.264. The topological polar surface area (TPSA) is 56.2 Å². The van der Waals surface area contributed by atoms with Gasteiger partial charge < -0.3 is 14.6 Å². The molecule has 1 atom stereocenters. The van der Waals surface area contributed by atoms with E-state index in [1.165, 1.54) is 13.5 Å². The van der Waals surface area contributed by atoms with Crippen molar-refractivity contribution in [1.29, 1.82) is 0 Å². The SMILES string of the molecule is CCCCn1c(-c2ccccc2)nc(C(F)(F)F)c1CC(NCc1ccc(C(=O)OC)cc1)C1CCCCC1. The van der Waals surface area contributed by atoms with Crippen LogP contribution in [0, 0.1) is 5.92 Å². The number of imidazole rings is 1. The van der Waals surface area contributed by atoms with Crippen molar-refractivity contribution in [3.63, 3.8) is 0 Å². The highest BCUT2D eigenvalue weighted by atomic mass is 19.4. The van der Waals surface area contributed by atoms with Crippen molar-refractivity contribution in [3.05, 3.63) is 77.1 Å². The van der Waals surface area contributed by atoms with Gasteiger partial charge >= 0.3 is 12.1 Å². The van der Waals surface area contributed by atoms with Gasteiger partial charge in [0.25, 0.3) is 0 Å². The van der Waals surface area contributed by atoms with Crippen LogP contribution in [-0.4, -0.2) is 28.7 Å². The van der Waals surface area contributed by atoms with Crippen molar-refractivity contribution in [2.75, 3.05) is 7.11 Å². The predicted octanol–water partition coefficient (Wildman–Crippen LogP) is 7.44. The number of unbranched alkanes of at least 4 members (excludes halogenated alkanes) is 1. The van der Waals surface area contributed by atoms with E-state index < -0.39 is 17.8 Å². The van der Waals surface area contributed by atoms with E-state index in [0.717, 1.165) is 44.1 Å². The van der Waals surface area contributed by atoms with E-state index >= 15 is 0 Å². The standard InChI is InChI=1S/C31H38F3N3O2/c1-3-4-19-37-27(28(31(32,33)34)36-29(37)24-13-9-6-10-14-24)20-26(23-11-7-5-8-12-23)35-21-22-15-17-25(18-16-22)30(38)39-2/h6,9-10,13-18,23,26,35H,3-5,7-8,11-12,19-21H2,1-2H3. The smallest absolute Gasteiger partial charge is 0.435 e. The summed E-state index contributed by atoms with van der Waals surface area (Å²) in [5.41, 5.74) is 1.61. The first kappa shape index (κ1) is 28.9. The number of esters is 1. The van der Waals surface area contributed by atoms with E-state index in [2.05, 4.69) is 10.3 Å². The molecule has 8 heteroatoms. The van der Waals surface area contributed by atoms with Crippen LogP contribution in [0.15, 0.2) is 54.6 Å². The van der Waals surface area contributed by atoms with Crippen molar-refractivity contribution < 1.29 is 22.7 Å². The number of rotatable bonds is 11. The molecule has 1 N–H and O–H groups in total. The third-order valence-corrected chi connectivity index (χ3v) is 7.68. The number of halogens is 3. The van der Waals surface area contributed by atoms with Gasteiger partial charge in [0.05, 0.1) is 18.4 Å². The number of carbonyl (C=O) groups is 1. The second kappa shape index (κ2) is 13.3. The summed E-state index contributed by atoms with van der Waals surface area (Å²) >= 11 is 0. The first-order valence-corrected chi connectivity index (χ1v) is 13.9. The molecule has 3 aromatic rings. The van der Waals surface area contributed by atoms with Gasteiger partial charge in [-0.15, -0.1) is 0 Å². The third kappa shape index (κ3) is 7.29. The number of methoxy groups -OCH3 is 1. The molecule has 1 aliphatic rings. The van der Waals surface area contributed by atoms with Crippen LogP contribution in [0.5, 0.6) is 0 Å². The number of hydrogen-bond donors (Lipinski definition) is 1. The van der Waals surface area contributed by atoms with Crippen molar-refractivity contribution in [3.8, 4) is 11.4 Å². The van der Waals surface area contributed by atoms with Crippen LogP contribution in [0.2, 0.25) is 0 Å². The van der Waals surface area contributed by atoms with Crippen LogP contribution < -0.4 is 5.32 Å². The maximum Gasteiger partial charge on any atom is 0.435 e. The van der Waals surface area contributed by atoms with E-state index in [9.17, 15) is 18.0 Å². The van der Waals surface area contributed by atoms with E-state index in [0.29, 0.717) is 30.0 Å². The molecule has 1 fully saturated rings. The van der Waals surface area contributed by atoms with Gasteiger partial charge in [-0.05, 0) is 42.9 Å². The van der Waals surface area contributed by atoms with Crippen molar-refractivity contribution in [1.82, 2.24) is 14.9 Å². The molecule has 0 aliphatic heterocycles. The normalized spacial score (nSPS) is 15.3. The van der Waals surface area contributed by atoms with Crippen molar-refractivity contribution >= 4 is 5.97 Å². The van der Waals surface area contributed by atoms with Crippen LogP contribution in [0.25, 0.3) is 11.4 Å². The molecule has 210 valence electrons. The Morgan fingerprint density at radius 1 is 1.08 bits per heavy atom. The first-order valence-electron chi connectivity index (χ1n) is 13.9. The molecule has 0 bridgehead atoms. The Morgan fingerprint density at radius 2 is 1.77 bits per heavy atom. The quantitative estimate of drug-likeness (QED) is 0.256. The molecular formula is C31H38F3N3O2. The molecule has 1 saturated carbocycles. The van der Waals surface area contributed by atoms with Gasteiger partial charge in [-0.25, -0.2) is 9.78 Å². The monoisotopic (exact) mass is 541 g/mol. The van der Waals surface area contributed by atoms with Crippen LogP contribution in [-0.2, 0) is 30.4 Å². The fourth-order valence-corrected chi connectivity index (χ4v) is 5.56. The molecule has 1 aliphatic carbocycles. The Balaban J connectivity index is 1.68. The van der Waals surface area contributed by atoms with Crippen LogP contribution in [0.1, 0.15) is 79.2 Å². The van der Waals surface area contributed by atoms with E-state index in [-0.39, 0.29) is 24.1 Å². The minimum absolute atomic E-state index is 0.132. The minimum Gasteiger partial charge on any atom is -0.465 e. The minimum atomic E-state index is -4.54. The molecular weight excluding hydrogens is 503 g/mol. The molecule has 4 rings (SSSR count). The van der Waals surface area contributed by atoms with Crippen molar-refractivity contribution in [2.24, 2.45) is 5.92 Å². The molecule has 0 spiro atoms. The number of nitrogens with one attached hydrogen (secondary N) is 1. The fraction of sp³-hybridized carbons (Fsp3) is 0.484.